The van der Waals surface area contributed by atoms with Crippen LogP contribution >= 0.6 is 0 Å². The summed E-state index contributed by atoms with van der Waals surface area (Å²) in [6, 6.07) is 59.9. The van der Waals surface area contributed by atoms with Crippen LogP contribution < -0.4 is 0 Å². The zero-order chi connectivity index (χ0) is 34.6. The van der Waals surface area contributed by atoms with E-state index in [0.29, 0.717) is 5.95 Å². The number of hydrogen-bond donors (Lipinski definition) is 0. The van der Waals surface area contributed by atoms with Gasteiger partial charge in [0.15, 0.2) is 0 Å². The topological polar surface area (TPSA) is 48.8 Å². The van der Waals surface area contributed by atoms with Crippen molar-refractivity contribution >= 4 is 87.2 Å². The molecule has 0 saturated heterocycles. The molecule has 0 amide bonds. The summed E-state index contributed by atoms with van der Waals surface area (Å²) >= 11 is 0. The van der Waals surface area contributed by atoms with Crippen molar-refractivity contribution < 1.29 is 4.42 Å². The van der Waals surface area contributed by atoms with Gasteiger partial charge in [-0.2, -0.15) is 0 Å². The molecule has 4 heterocycles. The first kappa shape index (κ1) is 28.5. The number of para-hydroxylation sites is 5. The van der Waals surface area contributed by atoms with E-state index in [1.165, 1.54) is 21.7 Å². The lowest BCUT2D eigenvalue weighted by molar-refractivity contribution is 0.673. The summed E-state index contributed by atoms with van der Waals surface area (Å²) in [4.78, 5) is 10.8. The number of benzene rings is 8. The van der Waals surface area contributed by atoms with Gasteiger partial charge in [0.25, 0.3) is 0 Å². The zero-order valence-corrected chi connectivity index (χ0v) is 28.4. The number of aromatic nitrogens is 4. The monoisotopic (exact) mass is 676 g/mol. The second-order valence-corrected chi connectivity index (χ2v) is 13.7. The van der Waals surface area contributed by atoms with Gasteiger partial charge in [-0.3, -0.25) is 4.57 Å². The van der Waals surface area contributed by atoms with Crippen molar-refractivity contribution in [2.75, 3.05) is 0 Å². The second-order valence-electron chi connectivity index (χ2n) is 13.7. The average Bonchev–Trinajstić information content (AvgIpc) is 3.89. The summed E-state index contributed by atoms with van der Waals surface area (Å²) in [6.45, 7) is 0. The van der Waals surface area contributed by atoms with Crippen molar-refractivity contribution in [3.05, 3.63) is 170 Å². The molecule has 0 bridgehead atoms. The highest BCUT2D eigenvalue weighted by Crippen LogP contribution is 2.43. The number of nitrogens with zero attached hydrogens (tertiary/aromatic N) is 4. The Balaban J connectivity index is 1.18. The van der Waals surface area contributed by atoms with Crippen molar-refractivity contribution in [3.63, 3.8) is 0 Å². The van der Waals surface area contributed by atoms with Gasteiger partial charge in [0.05, 0.1) is 33.3 Å². The van der Waals surface area contributed by atoms with Gasteiger partial charge in [-0.05, 0) is 60.0 Å². The van der Waals surface area contributed by atoms with Crippen LogP contribution in [0.3, 0.4) is 0 Å². The quantitative estimate of drug-likeness (QED) is 0.187. The predicted molar refractivity (Wildman–Crippen MR) is 218 cm³/mol. The lowest BCUT2D eigenvalue weighted by Crippen LogP contribution is -2.03. The number of furan rings is 1. The Kier molecular flexibility index (Phi) is 5.71. The second kappa shape index (κ2) is 10.6. The smallest absolute Gasteiger partial charge is 0.235 e. The molecule has 0 radical (unpaired) electrons. The molecule has 4 aromatic heterocycles. The maximum absolute atomic E-state index is 6.83. The molecule has 0 aliphatic rings. The molecule has 12 aromatic rings. The molecule has 246 valence electrons. The molecule has 0 saturated carbocycles. The summed E-state index contributed by atoms with van der Waals surface area (Å²) in [7, 11) is 0. The van der Waals surface area contributed by atoms with Gasteiger partial charge in [0.1, 0.15) is 11.2 Å². The largest absolute Gasteiger partial charge is 0.455 e. The van der Waals surface area contributed by atoms with E-state index < -0.39 is 0 Å². The minimum atomic E-state index is 0.620. The first-order chi connectivity index (χ1) is 26.3. The summed E-state index contributed by atoms with van der Waals surface area (Å²) in [5, 5.41) is 10.2. The van der Waals surface area contributed by atoms with E-state index in [0.717, 1.165) is 82.5 Å². The summed E-state index contributed by atoms with van der Waals surface area (Å²) in [5.74, 6) is 0.620. The Bertz CT molecular complexity index is 3460. The fourth-order valence-electron chi connectivity index (χ4n) is 8.67. The molecule has 0 aliphatic heterocycles. The molecule has 5 nitrogen and oxygen atoms in total. The Labute approximate surface area is 302 Å². The molecule has 0 fully saturated rings. The van der Waals surface area contributed by atoms with Crippen LogP contribution in [0.25, 0.3) is 110 Å². The fourth-order valence-corrected chi connectivity index (χ4v) is 8.67. The van der Waals surface area contributed by atoms with E-state index in [9.17, 15) is 0 Å². The van der Waals surface area contributed by atoms with Gasteiger partial charge >= 0.3 is 0 Å². The molecular weight excluding hydrogens is 649 g/mol. The van der Waals surface area contributed by atoms with Gasteiger partial charge in [0.2, 0.25) is 5.95 Å². The van der Waals surface area contributed by atoms with Gasteiger partial charge < -0.3 is 8.98 Å². The molecule has 12 rings (SSSR count). The fraction of sp³-hybridized carbons (Fsp3) is 0. The Hall–Kier alpha value is -7.24. The van der Waals surface area contributed by atoms with Gasteiger partial charge in [-0.15, -0.1) is 0 Å². The van der Waals surface area contributed by atoms with Crippen LogP contribution in [0.15, 0.2) is 174 Å². The molecule has 8 aromatic carbocycles. The average molecular weight is 677 g/mol. The van der Waals surface area contributed by atoms with Crippen LogP contribution in [0.4, 0.5) is 0 Å². The van der Waals surface area contributed by atoms with Crippen LogP contribution in [0, 0.1) is 0 Å². The minimum Gasteiger partial charge on any atom is -0.455 e. The molecular formula is C48H28N4O. The third-order valence-electron chi connectivity index (χ3n) is 10.9. The van der Waals surface area contributed by atoms with E-state index in [-0.39, 0.29) is 0 Å². The van der Waals surface area contributed by atoms with Gasteiger partial charge in [-0.1, -0.05) is 115 Å². The minimum absolute atomic E-state index is 0.620. The van der Waals surface area contributed by atoms with Crippen molar-refractivity contribution in [2.45, 2.75) is 0 Å². The zero-order valence-electron chi connectivity index (χ0n) is 28.4. The summed E-state index contributed by atoms with van der Waals surface area (Å²) in [5.41, 5.74) is 9.97. The molecule has 0 spiro atoms. The third kappa shape index (κ3) is 3.91. The first-order valence-electron chi connectivity index (χ1n) is 17.9. The molecule has 0 aliphatic carbocycles. The number of fused-ring (bicyclic) bond motifs is 13. The normalized spacial score (nSPS) is 12.2. The van der Waals surface area contributed by atoms with Crippen molar-refractivity contribution in [2.24, 2.45) is 0 Å². The molecule has 0 N–H and O–H groups in total. The number of rotatable bonds is 3. The lowest BCUT2D eigenvalue weighted by atomic mass is 10.0. The van der Waals surface area contributed by atoms with Crippen LogP contribution in [0.5, 0.6) is 0 Å². The Morgan fingerprint density at radius 2 is 0.981 bits per heavy atom. The van der Waals surface area contributed by atoms with Crippen LogP contribution in [0.2, 0.25) is 0 Å². The van der Waals surface area contributed by atoms with Crippen LogP contribution in [-0.2, 0) is 0 Å². The van der Waals surface area contributed by atoms with E-state index in [4.69, 9.17) is 14.4 Å². The first-order valence-corrected chi connectivity index (χ1v) is 17.9. The van der Waals surface area contributed by atoms with Crippen molar-refractivity contribution in [1.82, 2.24) is 19.1 Å². The standard InChI is InChI=1S/C48H28N4O/c1-2-14-30(15-3-1)51-39-23-10-7-18-35(39)43-41(51)27-28-42-44(43)36-19-8-11-24-40(36)52(42)48-49-38-22-9-6-17-34(38)45(50-48)37-21-12-20-32-33-26-25-29-13-4-5-16-31(29)46(33)53-47(32)37/h1-28H. The maximum Gasteiger partial charge on any atom is 0.235 e. The van der Waals surface area contributed by atoms with Gasteiger partial charge in [0, 0.05) is 54.3 Å². The molecule has 0 unspecified atom stereocenters. The van der Waals surface area contributed by atoms with E-state index in [2.05, 4.69) is 173 Å². The van der Waals surface area contributed by atoms with Gasteiger partial charge in [-0.25, -0.2) is 9.97 Å². The summed E-state index contributed by atoms with van der Waals surface area (Å²) < 4.78 is 11.4. The van der Waals surface area contributed by atoms with Crippen molar-refractivity contribution in [1.29, 1.82) is 0 Å². The summed E-state index contributed by atoms with van der Waals surface area (Å²) in [6.07, 6.45) is 0. The van der Waals surface area contributed by atoms with Crippen molar-refractivity contribution in [3.8, 4) is 22.9 Å². The van der Waals surface area contributed by atoms with Crippen LogP contribution in [-0.4, -0.2) is 19.1 Å². The Morgan fingerprint density at radius 3 is 1.77 bits per heavy atom. The molecule has 5 heteroatoms. The third-order valence-corrected chi connectivity index (χ3v) is 10.9. The molecule has 0 atom stereocenters. The Morgan fingerprint density at radius 1 is 0.377 bits per heavy atom. The SMILES string of the molecule is c1ccc(-n2c3ccccc3c3c4c5ccccc5n(-c5nc(-c6cccc7c6oc6c8ccccc8ccc76)c6ccccc6n5)c4ccc32)cc1. The van der Waals surface area contributed by atoms with E-state index in [1.54, 1.807) is 0 Å². The molecule has 53 heavy (non-hydrogen) atoms. The lowest BCUT2D eigenvalue weighted by Gasteiger charge is -2.12. The highest BCUT2D eigenvalue weighted by atomic mass is 16.3. The maximum atomic E-state index is 6.83. The van der Waals surface area contributed by atoms with E-state index >= 15 is 0 Å². The highest BCUT2D eigenvalue weighted by molar-refractivity contribution is 6.29. The predicted octanol–water partition coefficient (Wildman–Crippen LogP) is 12.5. The highest BCUT2D eigenvalue weighted by Gasteiger charge is 2.23. The van der Waals surface area contributed by atoms with E-state index in [1.807, 2.05) is 6.07 Å². The number of hydrogen-bond acceptors (Lipinski definition) is 3. The van der Waals surface area contributed by atoms with Crippen LogP contribution in [0.1, 0.15) is 0 Å².